The van der Waals surface area contributed by atoms with Crippen LogP contribution in [0.2, 0.25) is 0 Å². The van der Waals surface area contributed by atoms with Crippen molar-refractivity contribution in [3.8, 4) is 0 Å². The average Bonchev–Trinajstić information content (AvgIpc) is 3.00. The zero-order chi connectivity index (χ0) is 32.6. The van der Waals surface area contributed by atoms with Crippen LogP contribution in [-0.4, -0.2) is 209 Å². The molecule has 20 atom stereocenters. The van der Waals surface area contributed by atoms with Gasteiger partial charge in [-0.05, 0) is 6.92 Å². The van der Waals surface area contributed by atoms with Crippen LogP contribution in [0.3, 0.4) is 0 Å². The van der Waals surface area contributed by atoms with E-state index >= 15 is 0 Å². The van der Waals surface area contributed by atoms with Crippen LogP contribution in [0.15, 0.2) is 0 Å². The second-order valence-electron chi connectivity index (χ2n) is 11.1. The highest BCUT2D eigenvalue weighted by Gasteiger charge is 2.55. The van der Waals surface area contributed by atoms with Gasteiger partial charge in [0, 0.05) is 0 Å². The van der Waals surface area contributed by atoms with Crippen molar-refractivity contribution in [1.29, 1.82) is 0 Å². The van der Waals surface area contributed by atoms with Crippen LogP contribution in [-0.2, 0) is 33.2 Å². The summed E-state index contributed by atoms with van der Waals surface area (Å²) in [6.07, 6.45) is -34.2. The smallest absolute Gasteiger partial charge is 0.187 e. The summed E-state index contributed by atoms with van der Waals surface area (Å²) in [5.41, 5.74) is 0. The Balaban J connectivity index is 1.48. The molecule has 4 aliphatic rings. The van der Waals surface area contributed by atoms with Crippen LogP contribution in [0.25, 0.3) is 0 Å². The van der Waals surface area contributed by atoms with E-state index in [1.165, 1.54) is 6.92 Å². The second-order valence-corrected chi connectivity index (χ2v) is 11.1. The predicted molar refractivity (Wildman–Crippen MR) is 132 cm³/mol. The standard InChI is InChI=1S/C24H42O20/c1-5-9(28)19(16(35)21(37)38-5)43-23-15(34)13(32)18(8(4-27)41-23)42-24-17(36)20(11(30)7(3-26)40-24)44-22-14(33)12(31)10(29)6(2-25)39-22/h5-37H,2-4H2,1H3/t5-,6+,7+,8+,9-,10+,11+,12-,13+,14+,15+,16+,17-,18+,19+,20-,21?,22-,23+,24-/m0/s1. The SMILES string of the molecule is C[C@@H]1OC(O)[C@H](O)[C@H](O[C@H]2O[C@H](CO)[C@@H](O[C@@H]3O[C@H](CO)[C@@H](O)[C@H](O[C@@H]4O[C@H](CO)[C@@H](O)[C@H](O)[C@H]4O)[C@@H]3O)[C@H](O)[C@H]2O)[C@H]1O. The van der Waals surface area contributed by atoms with Gasteiger partial charge in [-0.25, -0.2) is 0 Å². The Hall–Kier alpha value is -0.800. The first-order chi connectivity index (χ1) is 20.7. The largest absolute Gasteiger partial charge is 0.394 e. The van der Waals surface area contributed by atoms with Gasteiger partial charge in [0.05, 0.1) is 25.9 Å². The number of aliphatic hydroxyl groups is 13. The molecule has 0 radical (unpaired) electrons. The third-order valence-electron chi connectivity index (χ3n) is 8.17. The second kappa shape index (κ2) is 15.0. The Labute approximate surface area is 249 Å². The normalized spacial score (nSPS) is 53.9. The Bertz CT molecular complexity index is 884. The fraction of sp³-hybridized carbons (Fsp3) is 1.00. The van der Waals surface area contributed by atoms with Crippen molar-refractivity contribution >= 4 is 0 Å². The molecule has 0 spiro atoms. The molecule has 20 heteroatoms. The lowest BCUT2D eigenvalue weighted by Gasteiger charge is -2.49. The molecule has 4 fully saturated rings. The first-order valence-electron chi connectivity index (χ1n) is 14.0. The molecule has 13 N–H and O–H groups in total. The summed E-state index contributed by atoms with van der Waals surface area (Å²) in [5.74, 6) is 0. The summed E-state index contributed by atoms with van der Waals surface area (Å²) < 4.78 is 37.7. The Morgan fingerprint density at radius 2 is 0.841 bits per heavy atom. The minimum Gasteiger partial charge on any atom is -0.394 e. The van der Waals surface area contributed by atoms with E-state index in [1.807, 2.05) is 0 Å². The molecule has 1 unspecified atom stereocenters. The molecular formula is C24H42O20. The van der Waals surface area contributed by atoms with Gasteiger partial charge in [0.1, 0.15) is 91.6 Å². The highest BCUT2D eigenvalue weighted by Crippen LogP contribution is 2.34. The maximum atomic E-state index is 11.0. The van der Waals surface area contributed by atoms with Crippen molar-refractivity contribution < 1.29 is 99.5 Å². The van der Waals surface area contributed by atoms with Gasteiger partial charge in [0.15, 0.2) is 25.2 Å². The van der Waals surface area contributed by atoms with Crippen LogP contribution in [0, 0.1) is 0 Å². The minimum absolute atomic E-state index is 0.796. The zero-order valence-electron chi connectivity index (χ0n) is 23.3. The Kier molecular flexibility index (Phi) is 12.3. The highest BCUT2D eigenvalue weighted by molar-refractivity contribution is 4.97. The molecule has 0 aromatic heterocycles. The van der Waals surface area contributed by atoms with Crippen molar-refractivity contribution in [2.24, 2.45) is 0 Å². The lowest BCUT2D eigenvalue weighted by molar-refractivity contribution is -0.388. The predicted octanol–water partition coefficient (Wildman–Crippen LogP) is -8.72. The third-order valence-corrected chi connectivity index (χ3v) is 8.17. The van der Waals surface area contributed by atoms with E-state index in [9.17, 15) is 66.4 Å². The molecule has 258 valence electrons. The monoisotopic (exact) mass is 650 g/mol. The van der Waals surface area contributed by atoms with Crippen molar-refractivity contribution in [2.75, 3.05) is 19.8 Å². The average molecular weight is 651 g/mol. The van der Waals surface area contributed by atoms with E-state index < -0.39 is 143 Å². The van der Waals surface area contributed by atoms with Crippen LogP contribution >= 0.6 is 0 Å². The number of ether oxygens (including phenoxy) is 7. The number of hydrogen-bond acceptors (Lipinski definition) is 20. The van der Waals surface area contributed by atoms with E-state index in [-0.39, 0.29) is 0 Å². The molecule has 0 saturated carbocycles. The van der Waals surface area contributed by atoms with Gasteiger partial charge in [-0.3, -0.25) is 0 Å². The lowest BCUT2D eigenvalue weighted by Crippen LogP contribution is -2.67. The molecule has 0 amide bonds. The van der Waals surface area contributed by atoms with E-state index in [0.717, 1.165) is 0 Å². The molecule has 4 saturated heterocycles. The number of rotatable bonds is 9. The Morgan fingerprint density at radius 1 is 0.409 bits per heavy atom. The van der Waals surface area contributed by atoms with E-state index in [0.29, 0.717) is 0 Å². The quantitative estimate of drug-likeness (QED) is 0.110. The molecule has 4 aliphatic heterocycles. The summed E-state index contributed by atoms with van der Waals surface area (Å²) in [5, 5.41) is 133. The van der Waals surface area contributed by atoms with Crippen molar-refractivity contribution in [2.45, 2.75) is 130 Å². The maximum Gasteiger partial charge on any atom is 0.187 e. The molecule has 0 aliphatic carbocycles. The van der Waals surface area contributed by atoms with E-state index in [4.69, 9.17) is 33.2 Å². The topological polar surface area (TPSA) is 328 Å². The summed E-state index contributed by atoms with van der Waals surface area (Å²) >= 11 is 0. The summed E-state index contributed by atoms with van der Waals surface area (Å²) in [7, 11) is 0. The number of aliphatic hydroxyl groups excluding tert-OH is 13. The van der Waals surface area contributed by atoms with Crippen LogP contribution in [0.1, 0.15) is 6.92 Å². The molecular weight excluding hydrogens is 608 g/mol. The summed E-state index contributed by atoms with van der Waals surface area (Å²) in [6, 6.07) is 0. The van der Waals surface area contributed by atoms with Gasteiger partial charge in [0.25, 0.3) is 0 Å². The van der Waals surface area contributed by atoms with E-state index in [1.54, 1.807) is 0 Å². The summed E-state index contributed by atoms with van der Waals surface area (Å²) in [6.45, 7) is -1.17. The molecule has 0 aromatic carbocycles. The molecule has 0 aromatic rings. The molecule has 0 bridgehead atoms. The van der Waals surface area contributed by atoms with Crippen LogP contribution in [0.5, 0.6) is 0 Å². The first-order valence-corrected chi connectivity index (χ1v) is 14.0. The van der Waals surface area contributed by atoms with Gasteiger partial charge in [-0.2, -0.15) is 0 Å². The van der Waals surface area contributed by atoms with Crippen molar-refractivity contribution in [3.05, 3.63) is 0 Å². The van der Waals surface area contributed by atoms with Crippen molar-refractivity contribution in [3.63, 3.8) is 0 Å². The fourth-order valence-corrected chi connectivity index (χ4v) is 5.48. The van der Waals surface area contributed by atoms with Gasteiger partial charge >= 0.3 is 0 Å². The van der Waals surface area contributed by atoms with Gasteiger partial charge in [0.2, 0.25) is 0 Å². The van der Waals surface area contributed by atoms with Crippen molar-refractivity contribution in [1.82, 2.24) is 0 Å². The Morgan fingerprint density at radius 3 is 1.39 bits per heavy atom. The minimum atomic E-state index is -1.99. The molecule has 20 nitrogen and oxygen atoms in total. The summed E-state index contributed by atoms with van der Waals surface area (Å²) in [4.78, 5) is 0. The lowest BCUT2D eigenvalue weighted by atomic mass is 9.95. The maximum absolute atomic E-state index is 11.0. The van der Waals surface area contributed by atoms with Crippen LogP contribution < -0.4 is 0 Å². The van der Waals surface area contributed by atoms with Crippen LogP contribution in [0.4, 0.5) is 0 Å². The molecule has 4 heterocycles. The molecule has 44 heavy (non-hydrogen) atoms. The van der Waals surface area contributed by atoms with E-state index in [2.05, 4.69) is 0 Å². The number of hydrogen-bond donors (Lipinski definition) is 13. The fourth-order valence-electron chi connectivity index (χ4n) is 5.48. The van der Waals surface area contributed by atoms with Gasteiger partial charge in [-0.1, -0.05) is 0 Å². The first kappa shape index (κ1) is 36.0. The van der Waals surface area contributed by atoms with Gasteiger partial charge in [-0.15, -0.1) is 0 Å². The third kappa shape index (κ3) is 7.05. The highest BCUT2D eigenvalue weighted by atomic mass is 16.8. The zero-order valence-corrected chi connectivity index (χ0v) is 23.3. The molecule has 4 rings (SSSR count). The van der Waals surface area contributed by atoms with Gasteiger partial charge < -0.3 is 99.5 Å².